The smallest absolute Gasteiger partial charge is 0.225 e. The molecule has 1 aliphatic rings. The Morgan fingerprint density at radius 3 is 2.60 bits per heavy atom. The molecule has 0 spiro atoms. The van der Waals surface area contributed by atoms with Crippen molar-refractivity contribution in [1.29, 1.82) is 0 Å². The largest absolute Gasteiger partial charge is 0.336 e. The predicted octanol–water partition coefficient (Wildman–Crippen LogP) is 1.22. The van der Waals surface area contributed by atoms with Gasteiger partial charge in [-0.3, -0.25) is 0 Å². The van der Waals surface area contributed by atoms with E-state index in [0.29, 0.717) is 6.04 Å². The molecule has 1 atom stereocenters. The second kappa shape index (κ2) is 4.61. The van der Waals surface area contributed by atoms with Crippen LogP contribution in [0, 0.1) is 3.57 Å². The minimum Gasteiger partial charge on any atom is -0.336 e. The van der Waals surface area contributed by atoms with Crippen LogP contribution < -0.4 is 4.90 Å². The maximum absolute atomic E-state index is 4.37. The van der Waals surface area contributed by atoms with Crippen molar-refractivity contribution in [3.63, 3.8) is 0 Å². The van der Waals surface area contributed by atoms with Crippen LogP contribution in [0.15, 0.2) is 12.4 Å². The molecule has 1 aromatic rings. The molecule has 5 heteroatoms. The predicted molar refractivity (Wildman–Crippen MR) is 69.1 cm³/mol. The average Bonchev–Trinajstić information content (AvgIpc) is 2.20. The topological polar surface area (TPSA) is 32.3 Å². The molecule has 1 aromatic heterocycles. The zero-order valence-corrected chi connectivity index (χ0v) is 11.2. The van der Waals surface area contributed by atoms with Gasteiger partial charge >= 0.3 is 0 Å². The Morgan fingerprint density at radius 2 is 2.00 bits per heavy atom. The molecule has 15 heavy (non-hydrogen) atoms. The molecule has 0 aromatic carbocycles. The highest BCUT2D eigenvalue weighted by molar-refractivity contribution is 14.1. The molecule has 4 nitrogen and oxygen atoms in total. The number of hydrogen-bond acceptors (Lipinski definition) is 4. The van der Waals surface area contributed by atoms with Gasteiger partial charge in [-0.15, -0.1) is 0 Å². The summed E-state index contributed by atoms with van der Waals surface area (Å²) in [6, 6.07) is 0.490. The number of likely N-dealkylation sites (N-methyl/N-ethyl adjacent to an activating group) is 1. The lowest BCUT2D eigenvalue weighted by atomic mass is 10.2. The van der Waals surface area contributed by atoms with Gasteiger partial charge in [0.2, 0.25) is 5.95 Å². The lowest BCUT2D eigenvalue weighted by Crippen LogP contribution is -2.51. The second-order valence-electron chi connectivity index (χ2n) is 4.01. The molecule has 0 radical (unpaired) electrons. The van der Waals surface area contributed by atoms with Gasteiger partial charge in [-0.1, -0.05) is 0 Å². The van der Waals surface area contributed by atoms with E-state index >= 15 is 0 Å². The van der Waals surface area contributed by atoms with Crippen molar-refractivity contribution in [3.8, 4) is 0 Å². The van der Waals surface area contributed by atoms with Crippen LogP contribution in [0.5, 0.6) is 0 Å². The number of rotatable bonds is 1. The highest BCUT2D eigenvalue weighted by Gasteiger charge is 2.23. The first-order valence-corrected chi connectivity index (χ1v) is 6.17. The fraction of sp³-hybridized carbons (Fsp3) is 0.600. The molecule has 1 saturated heterocycles. The van der Waals surface area contributed by atoms with Gasteiger partial charge in [0.1, 0.15) is 0 Å². The summed E-state index contributed by atoms with van der Waals surface area (Å²) in [5, 5.41) is 0. The van der Waals surface area contributed by atoms with Crippen LogP contribution in [0.3, 0.4) is 0 Å². The summed E-state index contributed by atoms with van der Waals surface area (Å²) in [6.45, 7) is 5.39. The molecule has 0 aliphatic carbocycles. The molecule has 2 rings (SSSR count). The number of aromatic nitrogens is 2. The molecule has 1 aliphatic heterocycles. The van der Waals surface area contributed by atoms with Crippen LogP contribution in [0.4, 0.5) is 5.95 Å². The van der Waals surface area contributed by atoms with E-state index in [4.69, 9.17) is 0 Å². The SMILES string of the molecule is CC1CN(C)CCN1c1ncc(I)cn1. The molecule has 0 amide bonds. The van der Waals surface area contributed by atoms with Crippen LogP contribution >= 0.6 is 22.6 Å². The molecule has 1 unspecified atom stereocenters. The van der Waals surface area contributed by atoms with Gasteiger partial charge in [-0.05, 0) is 36.6 Å². The molecular weight excluding hydrogens is 303 g/mol. The first-order chi connectivity index (χ1) is 7.16. The minimum absolute atomic E-state index is 0.490. The fourth-order valence-electron chi connectivity index (χ4n) is 1.89. The zero-order valence-electron chi connectivity index (χ0n) is 9.02. The average molecular weight is 318 g/mol. The highest BCUT2D eigenvalue weighted by Crippen LogP contribution is 2.15. The van der Waals surface area contributed by atoms with E-state index in [1.54, 1.807) is 0 Å². The van der Waals surface area contributed by atoms with Gasteiger partial charge in [0.15, 0.2) is 0 Å². The molecule has 82 valence electrons. The Labute approximate surface area is 104 Å². The van der Waals surface area contributed by atoms with Crippen LogP contribution in [-0.4, -0.2) is 47.6 Å². The maximum Gasteiger partial charge on any atom is 0.225 e. The Morgan fingerprint density at radius 1 is 1.33 bits per heavy atom. The summed E-state index contributed by atoms with van der Waals surface area (Å²) in [7, 11) is 2.16. The molecule has 1 fully saturated rings. The van der Waals surface area contributed by atoms with Crippen LogP contribution in [0.25, 0.3) is 0 Å². The van der Waals surface area contributed by atoms with Gasteiger partial charge in [0.25, 0.3) is 0 Å². The van der Waals surface area contributed by atoms with E-state index in [1.165, 1.54) is 0 Å². The van der Waals surface area contributed by atoms with Gasteiger partial charge in [-0.2, -0.15) is 0 Å². The summed E-state index contributed by atoms with van der Waals surface area (Å²) in [5.41, 5.74) is 0. The van der Waals surface area contributed by atoms with Gasteiger partial charge in [0, 0.05) is 41.6 Å². The van der Waals surface area contributed by atoms with E-state index in [2.05, 4.69) is 56.3 Å². The van der Waals surface area contributed by atoms with E-state index in [1.807, 2.05) is 12.4 Å². The zero-order chi connectivity index (χ0) is 10.8. The Kier molecular flexibility index (Phi) is 3.40. The fourth-order valence-corrected chi connectivity index (χ4v) is 2.17. The minimum atomic E-state index is 0.490. The lowest BCUT2D eigenvalue weighted by molar-refractivity contribution is 0.273. The van der Waals surface area contributed by atoms with Gasteiger partial charge in [0.05, 0.1) is 0 Å². The summed E-state index contributed by atoms with van der Waals surface area (Å²) < 4.78 is 1.08. The second-order valence-corrected chi connectivity index (χ2v) is 5.25. The Balaban J connectivity index is 2.13. The third-order valence-corrected chi connectivity index (χ3v) is 3.25. The maximum atomic E-state index is 4.37. The molecule has 2 heterocycles. The van der Waals surface area contributed by atoms with Crippen LogP contribution in [-0.2, 0) is 0 Å². The number of anilines is 1. The molecular formula is C10H15IN4. The number of halogens is 1. The van der Waals surface area contributed by atoms with Gasteiger partial charge < -0.3 is 9.80 Å². The van der Waals surface area contributed by atoms with Crippen molar-refractivity contribution in [2.75, 3.05) is 31.6 Å². The summed E-state index contributed by atoms with van der Waals surface area (Å²) in [4.78, 5) is 13.3. The van der Waals surface area contributed by atoms with Crippen molar-refractivity contribution in [2.45, 2.75) is 13.0 Å². The quantitative estimate of drug-likeness (QED) is 0.729. The Hall–Kier alpha value is -0.430. The van der Waals surface area contributed by atoms with Crippen molar-refractivity contribution in [1.82, 2.24) is 14.9 Å². The van der Waals surface area contributed by atoms with Crippen molar-refractivity contribution in [3.05, 3.63) is 16.0 Å². The first-order valence-electron chi connectivity index (χ1n) is 5.09. The molecule has 0 bridgehead atoms. The third kappa shape index (κ3) is 2.57. The normalized spacial score (nSPS) is 23.1. The van der Waals surface area contributed by atoms with E-state index in [-0.39, 0.29) is 0 Å². The number of nitrogens with zero attached hydrogens (tertiary/aromatic N) is 4. The van der Waals surface area contributed by atoms with Crippen LogP contribution in [0.2, 0.25) is 0 Å². The summed E-state index contributed by atoms with van der Waals surface area (Å²) >= 11 is 2.22. The monoisotopic (exact) mass is 318 g/mol. The molecule has 0 N–H and O–H groups in total. The van der Waals surface area contributed by atoms with E-state index in [9.17, 15) is 0 Å². The molecule has 0 saturated carbocycles. The summed E-state index contributed by atoms with van der Waals surface area (Å²) in [5.74, 6) is 0.857. The number of hydrogen-bond donors (Lipinski definition) is 0. The third-order valence-electron chi connectivity index (χ3n) is 2.69. The standard InChI is InChI=1S/C10H15IN4/c1-8-7-14(2)3-4-15(8)10-12-5-9(11)6-13-10/h5-6,8H,3-4,7H2,1-2H3. The first kappa shape index (κ1) is 11.1. The van der Waals surface area contributed by atoms with E-state index in [0.717, 1.165) is 29.2 Å². The van der Waals surface area contributed by atoms with Crippen LogP contribution in [0.1, 0.15) is 6.92 Å². The van der Waals surface area contributed by atoms with E-state index < -0.39 is 0 Å². The van der Waals surface area contributed by atoms with Crippen molar-refractivity contribution in [2.24, 2.45) is 0 Å². The summed E-state index contributed by atoms with van der Waals surface area (Å²) in [6.07, 6.45) is 3.74. The highest BCUT2D eigenvalue weighted by atomic mass is 127. The number of piperazine rings is 1. The van der Waals surface area contributed by atoms with Gasteiger partial charge in [-0.25, -0.2) is 9.97 Å². The van der Waals surface area contributed by atoms with Crippen molar-refractivity contribution >= 4 is 28.5 Å². The lowest BCUT2D eigenvalue weighted by Gasteiger charge is -2.38. The van der Waals surface area contributed by atoms with Crippen molar-refractivity contribution < 1.29 is 0 Å². The Bertz CT molecular complexity index is 327.